The van der Waals surface area contributed by atoms with Gasteiger partial charge in [0.15, 0.2) is 0 Å². The van der Waals surface area contributed by atoms with Crippen LogP contribution < -0.4 is 4.74 Å². The Morgan fingerprint density at radius 2 is 1.54 bits per heavy atom. The highest BCUT2D eigenvalue weighted by molar-refractivity contribution is 6.07. The predicted molar refractivity (Wildman–Crippen MR) is 155 cm³/mol. The molecule has 1 aliphatic rings. The summed E-state index contributed by atoms with van der Waals surface area (Å²) in [6.07, 6.45) is 6.44. The summed E-state index contributed by atoms with van der Waals surface area (Å²) in [6, 6.07) is 25.5. The zero-order valence-electron chi connectivity index (χ0n) is 22.9. The number of nitrogens with zero attached hydrogens (tertiary/aromatic N) is 3. The van der Waals surface area contributed by atoms with Gasteiger partial charge in [-0.1, -0.05) is 73.5 Å². The molecule has 0 N–H and O–H groups in total. The third-order valence-electron chi connectivity index (χ3n) is 7.68. The molecular weight excluding hydrogens is 486 g/mol. The van der Waals surface area contributed by atoms with Gasteiger partial charge in [-0.2, -0.15) is 0 Å². The van der Waals surface area contributed by atoms with Crippen LogP contribution in [0, 0.1) is 0 Å². The Balaban J connectivity index is 1.53. The summed E-state index contributed by atoms with van der Waals surface area (Å²) >= 11 is 0. The lowest BCUT2D eigenvalue weighted by atomic mass is 10.0. The van der Waals surface area contributed by atoms with Gasteiger partial charge in [0.1, 0.15) is 12.4 Å². The van der Waals surface area contributed by atoms with Crippen LogP contribution >= 0.6 is 0 Å². The standard InChI is InChI=1S/C33H37N3O3/c1-34-20-12-3-4-13-21-36(33(38)29-23-35(2)30-18-10-8-16-27(29)30)26(22-25-14-6-5-7-15-25)24-39-31-19-11-9-17-28(31)32(34)37/h5-11,14-19,23,26H,3-4,12-13,20-22,24H2,1-2H3/t26-/m0/s1. The van der Waals surface area contributed by atoms with Crippen molar-refractivity contribution in [1.29, 1.82) is 0 Å². The number of ether oxygens (including phenoxy) is 1. The van der Waals surface area contributed by atoms with E-state index in [0.29, 0.717) is 43.0 Å². The Labute approximate surface area is 230 Å². The van der Waals surface area contributed by atoms with E-state index in [-0.39, 0.29) is 17.9 Å². The van der Waals surface area contributed by atoms with Gasteiger partial charge in [-0.05, 0) is 43.0 Å². The monoisotopic (exact) mass is 523 g/mol. The molecule has 0 radical (unpaired) electrons. The van der Waals surface area contributed by atoms with Crippen molar-refractivity contribution in [1.82, 2.24) is 14.4 Å². The van der Waals surface area contributed by atoms with Gasteiger partial charge in [-0.25, -0.2) is 0 Å². The van der Waals surface area contributed by atoms with Crippen LogP contribution in [0.25, 0.3) is 10.9 Å². The molecule has 4 aromatic rings. The number of hydrogen-bond acceptors (Lipinski definition) is 3. The molecule has 0 fully saturated rings. The molecule has 0 unspecified atom stereocenters. The second-order valence-corrected chi connectivity index (χ2v) is 10.5. The van der Waals surface area contributed by atoms with Crippen molar-refractivity contribution in [3.63, 3.8) is 0 Å². The molecule has 5 rings (SSSR count). The molecule has 0 saturated heterocycles. The quantitative estimate of drug-likeness (QED) is 0.333. The van der Waals surface area contributed by atoms with Gasteiger partial charge >= 0.3 is 0 Å². The van der Waals surface area contributed by atoms with E-state index in [4.69, 9.17) is 4.74 Å². The van der Waals surface area contributed by atoms with Gasteiger partial charge in [0.05, 0.1) is 17.2 Å². The normalized spacial score (nSPS) is 17.4. The van der Waals surface area contributed by atoms with E-state index in [0.717, 1.165) is 42.1 Å². The molecule has 0 spiro atoms. The third-order valence-corrected chi connectivity index (χ3v) is 7.68. The Kier molecular flexibility index (Phi) is 8.30. The second kappa shape index (κ2) is 12.2. The minimum absolute atomic E-state index is 0.0209. The molecule has 39 heavy (non-hydrogen) atoms. The number of rotatable bonds is 3. The average Bonchev–Trinajstić information content (AvgIpc) is 3.31. The molecule has 1 atom stereocenters. The fourth-order valence-corrected chi connectivity index (χ4v) is 5.51. The van der Waals surface area contributed by atoms with Crippen molar-refractivity contribution >= 4 is 22.7 Å². The molecule has 6 nitrogen and oxygen atoms in total. The van der Waals surface area contributed by atoms with E-state index in [1.165, 1.54) is 0 Å². The molecule has 6 heteroatoms. The average molecular weight is 524 g/mol. The largest absolute Gasteiger partial charge is 0.491 e. The van der Waals surface area contributed by atoms with Gasteiger partial charge in [-0.3, -0.25) is 9.59 Å². The summed E-state index contributed by atoms with van der Waals surface area (Å²) < 4.78 is 8.42. The van der Waals surface area contributed by atoms with Gasteiger partial charge in [0.2, 0.25) is 0 Å². The van der Waals surface area contributed by atoms with Crippen molar-refractivity contribution < 1.29 is 14.3 Å². The molecule has 3 aromatic carbocycles. The first kappa shape index (κ1) is 26.5. The van der Waals surface area contributed by atoms with Gasteiger partial charge in [0.25, 0.3) is 11.8 Å². The lowest BCUT2D eigenvalue weighted by Gasteiger charge is -2.33. The predicted octanol–water partition coefficient (Wildman–Crippen LogP) is 5.96. The molecule has 0 bridgehead atoms. The zero-order valence-corrected chi connectivity index (χ0v) is 22.9. The number of para-hydroxylation sites is 2. The topological polar surface area (TPSA) is 54.8 Å². The van der Waals surface area contributed by atoms with Crippen LogP contribution in [0.1, 0.15) is 52.0 Å². The summed E-state index contributed by atoms with van der Waals surface area (Å²) in [5, 5.41) is 0.961. The Bertz CT molecular complexity index is 1430. The number of aromatic nitrogens is 1. The maximum atomic E-state index is 14.3. The number of benzene rings is 3. The fraction of sp³-hybridized carbons (Fsp3) is 0.333. The highest BCUT2D eigenvalue weighted by Crippen LogP contribution is 2.26. The number of hydrogen-bond donors (Lipinski definition) is 0. The number of amides is 2. The number of carbonyl (C=O) groups excluding carboxylic acids is 2. The molecular formula is C33H37N3O3. The van der Waals surface area contributed by atoms with Crippen molar-refractivity contribution in [2.24, 2.45) is 7.05 Å². The maximum absolute atomic E-state index is 14.3. The third kappa shape index (κ3) is 6.00. The Hall–Kier alpha value is -4.06. The van der Waals surface area contributed by atoms with Crippen LogP contribution in [0.5, 0.6) is 5.75 Å². The van der Waals surface area contributed by atoms with E-state index >= 15 is 0 Å². The molecule has 1 aliphatic heterocycles. The van der Waals surface area contributed by atoms with Crippen molar-refractivity contribution in [2.75, 3.05) is 26.7 Å². The van der Waals surface area contributed by atoms with E-state index in [1.807, 2.05) is 96.5 Å². The van der Waals surface area contributed by atoms with Gasteiger partial charge < -0.3 is 19.1 Å². The first-order valence-corrected chi connectivity index (χ1v) is 13.9. The smallest absolute Gasteiger partial charge is 0.257 e. The molecule has 0 saturated carbocycles. The van der Waals surface area contributed by atoms with E-state index in [9.17, 15) is 9.59 Å². The number of carbonyl (C=O) groups is 2. The Morgan fingerprint density at radius 1 is 0.846 bits per heavy atom. The zero-order chi connectivity index (χ0) is 27.2. The van der Waals surface area contributed by atoms with Crippen LogP contribution in [-0.4, -0.2) is 59.0 Å². The van der Waals surface area contributed by atoms with Crippen LogP contribution in [-0.2, 0) is 13.5 Å². The van der Waals surface area contributed by atoms with E-state index in [1.54, 1.807) is 4.90 Å². The SMILES string of the molecule is CN1CCCCCCN(C(=O)c2cn(C)c3ccccc23)[C@@H](Cc2ccccc2)COc2ccccc2C1=O. The maximum Gasteiger partial charge on any atom is 0.257 e. The second-order valence-electron chi connectivity index (χ2n) is 10.5. The summed E-state index contributed by atoms with van der Waals surface area (Å²) in [4.78, 5) is 31.3. The highest BCUT2D eigenvalue weighted by Gasteiger charge is 2.28. The fourth-order valence-electron chi connectivity index (χ4n) is 5.51. The summed E-state index contributed by atoms with van der Waals surface area (Å²) in [5.41, 5.74) is 3.45. The van der Waals surface area contributed by atoms with Crippen LogP contribution in [0.2, 0.25) is 0 Å². The van der Waals surface area contributed by atoms with Crippen LogP contribution in [0.3, 0.4) is 0 Å². The minimum Gasteiger partial charge on any atom is -0.491 e. The first-order chi connectivity index (χ1) is 19.0. The Morgan fingerprint density at radius 3 is 2.36 bits per heavy atom. The number of fused-ring (bicyclic) bond motifs is 2. The van der Waals surface area contributed by atoms with Crippen LogP contribution in [0.15, 0.2) is 85.1 Å². The summed E-state index contributed by atoms with van der Waals surface area (Å²) in [6.45, 7) is 1.64. The molecule has 2 amide bonds. The van der Waals surface area contributed by atoms with Gasteiger partial charge in [-0.15, -0.1) is 0 Å². The van der Waals surface area contributed by atoms with E-state index < -0.39 is 0 Å². The first-order valence-electron chi connectivity index (χ1n) is 13.9. The highest BCUT2D eigenvalue weighted by atomic mass is 16.5. The van der Waals surface area contributed by atoms with E-state index in [2.05, 4.69) is 12.1 Å². The summed E-state index contributed by atoms with van der Waals surface area (Å²) in [5.74, 6) is 0.542. The minimum atomic E-state index is -0.206. The molecule has 1 aromatic heterocycles. The lowest BCUT2D eigenvalue weighted by Crippen LogP contribution is -2.45. The molecule has 0 aliphatic carbocycles. The van der Waals surface area contributed by atoms with Crippen LogP contribution in [0.4, 0.5) is 0 Å². The molecule has 202 valence electrons. The number of aryl methyl sites for hydroxylation is 1. The van der Waals surface area contributed by atoms with Crippen molar-refractivity contribution in [2.45, 2.75) is 38.1 Å². The molecule has 2 heterocycles. The summed E-state index contributed by atoms with van der Waals surface area (Å²) in [7, 11) is 3.84. The van der Waals surface area contributed by atoms with Crippen molar-refractivity contribution in [3.05, 3.63) is 102 Å². The van der Waals surface area contributed by atoms with Crippen molar-refractivity contribution in [3.8, 4) is 5.75 Å². The van der Waals surface area contributed by atoms with Gasteiger partial charge in [0, 0.05) is 44.3 Å². The lowest BCUT2D eigenvalue weighted by molar-refractivity contribution is 0.0601.